The van der Waals surface area contributed by atoms with Crippen molar-refractivity contribution in [1.82, 2.24) is 10.2 Å². The van der Waals surface area contributed by atoms with Gasteiger partial charge in [-0.3, -0.25) is 4.99 Å². The summed E-state index contributed by atoms with van der Waals surface area (Å²) in [6, 6.07) is 21.2. The van der Waals surface area contributed by atoms with Gasteiger partial charge in [0, 0.05) is 6.54 Å². The zero-order chi connectivity index (χ0) is 31.3. The number of amidine groups is 1. The highest BCUT2D eigenvalue weighted by molar-refractivity contribution is 6.02. The van der Waals surface area contributed by atoms with Crippen molar-refractivity contribution in [2.24, 2.45) is 4.99 Å². The monoisotopic (exact) mass is 613 g/mol. The summed E-state index contributed by atoms with van der Waals surface area (Å²) in [6.07, 6.45) is 8.98. The van der Waals surface area contributed by atoms with E-state index in [0.717, 1.165) is 56.6 Å². The molecular weight excluding hydrogens is 566 g/mol. The maximum atomic E-state index is 13.9. The van der Waals surface area contributed by atoms with Gasteiger partial charge >= 0.3 is 5.97 Å². The van der Waals surface area contributed by atoms with E-state index in [-0.39, 0.29) is 12.7 Å². The molecule has 1 saturated heterocycles. The predicted molar refractivity (Wildman–Crippen MR) is 176 cm³/mol. The molecule has 240 valence electrons. The number of aliphatic imine (C=N–C) groups is 1. The molecular formula is C37H47N3O5. The number of carbonyl (C=O) groups is 1. The number of likely N-dealkylation sites (tertiary alicyclic amines) is 1. The Hall–Kier alpha value is -3.88. The van der Waals surface area contributed by atoms with Crippen LogP contribution in [0.5, 0.6) is 5.75 Å². The maximum Gasteiger partial charge on any atom is 0.338 e. The van der Waals surface area contributed by atoms with Crippen molar-refractivity contribution >= 4 is 11.8 Å². The number of hydrogen-bond acceptors (Lipinski definition) is 8. The summed E-state index contributed by atoms with van der Waals surface area (Å²) in [6.45, 7) is 8.46. The first kappa shape index (κ1) is 32.5. The van der Waals surface area contributed by atoms with E-state index in [1.165, 1.54) is 24.8 Å². The molecule has 0 aliphatic carbocycles. The highest BCUT2D eigenvalue weighted by Crippen LogP contribution is 2.34. The summed E-state index contributed by atoms with van der Waals surface area (Å²) in [4.78, 5) is 21.3. The number of rotatable bonds is 16. The minimum atomic E-state index is -0.601. The fourth-order valence-corrected chi connectivity index (χ4v) is 5.82. The van der Waals surface area contributed by atoms with Crippen LogP contribution in [0.1, 0.15) is 75.3 Å². The second kappa shape index (κ2) is 17.0. The van der Waals surface area contributed by atoms with E-state index < -0.39 is 12.0 Å². The Morgan fingerprint density at radius 2 is 1.76 bits per heavy atom. The van der Waals surface area contributed by atoms with Gasteiger partial charge in [-0.25, -0.2) is 4.79 Å². The summed E-state index contributed by atoms with van der Waals surface area (Å²) >= 11 is 0. The van der Waals surface area contributed by atoms with Gasteiger partial charge in [0.15, 0.2) is 11.6 Å². The summed E-state index contributed by atoms with van der Waals surface area (Å²) in [5.41, 5.74) is 3.18. The summed E-state index contributed by atoms with van der Waals surface area (Å²) in [5.74, 6) is 1.55. The van der Waals surface area contributed by atoms with Crippen molar-refractivity contribution < 1.29 is 23.4 Å². The van der Waals surface area contributed by atoms with Gasteiger partial charge in [-0.05, 0) is 87.0 Å². The SMILES string of the molecule is CCC(CC)Oc1ccc(C2N=C(c3ccco3)NC(COCCN3CCCCC3)=C2C(=O)OCCCc2ccccc2)cc1. The molecule has 3 heterocycles. The Balaban J connectivity index is 1.37. The van der Waals surface area contributed by atoms with Gasteiger partial charge in [-0.2, -0.15) is 0 Å². The molecule has 1 aromatic heterocycles. The predicted octanol–water partition coefficient (Wildman–Crippen LogP) is 6.87. The Morgan fingerprint density at radius 3 is 2.47 bits per heavy atom. The van der Waals surface area contributed by atoms with Crippen LogP contribution in [0.3, 0.4) is 0 Å². The van der Waals surface area contributed by atoms with Gasteiger partial charge in [0.25, 0.3) is 0 Å². The Morgan fingerprint density at radius 1 is 0.978 bits per heavy atom. The number of hydrogen-bond donors (Lipinski definition) is 1. The number of aryl methyl sites for hydroxylation is 1. The van der Waals surface area contributed by atoms with Crippen molar-refractivity contribution in [3.8, 4) is 5.75 Å². The molecule has 45 heavy (non-hydrogen) atoms. The van der Waals surface area contributed by atoms with E-state index in [1.54, 1.807) is 6.26 Å². The highest BCUT2D eigenvalue weighted by Gasteiger charge is 2.33. The van der Waals surface area contributed by atoms with Gasteiger partial charge in [-0.1, -0.05) is 62.7 Å². The molecule has 2 aliphatic rings. The van der Waals surface area contributed by atoms with Gasteiger partial charge in [-0.15, -0.1) is 0 Å². The molecule has 1 fully saturated rings. The fraction of sp³-hybridized carbons (Fsp3) is 0.459. The van der Waals surface area contributed by atoms with Crippen LogP contribution in [0.2, 0.25) is 0 Å². The van der Waals surface area contributed by atoms with Crippen LogP contribution in [0.4, 0.5) is 0 Å². The molecule has 1 unspecified atom stereocenters. The topological polar surface area (TPSA) is 85.5 Å². The van der Waals surface area contributed by atoms with Crippen molar-refractivity contribution in [2.45, 2.75) is 70.9 Å². The number of piperidine rings is 1. The third-order valence-electron chi connectivity index (χ3n) is 8.44. The van der Waals surface area contributed by atoms with Crippen LogP contribution in [0.15, 0.2) is 93.7 Å². The lowest BCUT2D eigenvalue weighted by atomic mass is 9.95. The first-order valence-electron chi connectivity index (χ1n) is 16.5. The normalized spacial score (nSPS) is 17.2. The lowest BCUT2D eigenvalue weighted by Crippen LogP contribution is -2.36. The van der Waals surface area contributed by atoms with E-state index >= 15 is 0 Å². The van der Waals surface area contributed by atoms with E-state index in [2.05, 4.69) is 36.2 Å². The Labute approximate surface area is 267 Å². The second-order valence-corrected chi connectivity index (χ2v) is 11.7. The third-order valence-corrected chi connectivity index (χ3v) is 8.44. The van der Waals surface area contributed by atoms with E-state index in [0.29, 0.717) is 36.1 Å². The third kappa shape index (κ3) is 9.31. The van der Waals surface area contributed by atoms with Crippen molar-refractivity contribution in [3.63, 3.8) is 0 Å². The summed E-state index contributed by atoms with van der Waals surface area (Å²) in [5, 5.41) is 3.37. The minimum Gasteiger partial charge on any atom is -0.490 e. The first-order valence-corrected chi connectivity index (χ1v) is 16.5. The smallest absolute Gasteiger partial charge is 0.338 e. The van der Waals surface area contributed by atoms with Crippen molar-refractivity contribution in [1.29, 1.82) is 0 Å². The van der Waals surface area contributed by atoms with Crippen LogP contribution in [0.25, 0.3) is 0 Å². The standard InChI is InChI=1S/C37H47N3O5/c1-3-30(4-2)45-31-19-17-29(18-20-31)35-34(37(41)44-25-11-15-28-13-7-5-8-14-28)32(38-36(39-35)33-16-12-24-43-33)27-42-26-23-40-21-9-6-10-22-40/h5,7-8,12-14,16-20,24,30,35H,3-4,6,9-11,15,21-23,25-27H2,1-2H3,(H,38,39). The van der Waals surface area contributed by atoms with E-state index in [1.807, 2.05) is 54.6 Å². The quantitative estimate of drug-likeness (QED) is 0.139. The zero-order valence-corrected chi connectivity index (χ0v) is 26.7. The molecule has 0 bridgehead atoms. The number of nitrogens with one attached hydrogen (secondary N) is 1. The number of esters is 1. The van der Waals surface area contributed by atoms with Crippen LogP contribution in [0, 0.1) is 0 Å². The van der Waals surface area contributed by atoms with Crippen LogP contribution in [-0.4, -0.2) is 62.3 Å². The Bertz CT molecular complexity index is 1380. The number of ether oxygens (including phenoxy) is 3. The molecule has 0 amide bonds. The molecule has 3 aromatic rings. The molecule has 1 atom stereocenters. The van der Waals surface area contributed by atoms with E-state index in [9.17, 15) is 4.79 Å². The number of furan rings is 1. The van der Waals surface area contributed by atoms with Crippen molar-refractivity contribution in [2.75, 3.05) is 39.5 Å². The molecule has 5 rings (SSSR count). The highest BCUT2D eigenvalue weighted by atomic mass is 16.5. The average Bonchev–Trinajstić information content (AvgIpc) is 3.64. The molecule has 2 aliphatic heterocycles. The van der Waals surface area contributed by atoms with Gasteiger partial charge in [0.1, 0.15) is 11.8 Å². The maximum absolute atomic E-state index is 13.9. The second-order valence-electron chi connectivity index (χ2n) is 11.7. The lowest BCUT2D eigenvalue weighted by molar-refractivity contribution is -0.139. The Kier molecular flexibility index (Phi) is 12.3. The molecule has 0 radical (unpaired) electrons. The lowest BCUT2D eigenvalue weighted by Gasteiger charge is -2.28. The minimum absolute atomic E-state index is 0.160. The summed E-state index contributed by atoms with van der Waals surface area (Å²) < 4.78 is 24.0. The van der Waals surface area contributed by atoms with Crippen molar-refractivity contribution in [3.05, 3.63) is 101 Å². The molecule has 8 nitrogen and oxygen atoms in total. The van der Waals surface area contributed by atoms with Gasteiger partial charge in [0.05, 0.1) is 43.5 Å². The molecule has 0 spiro atoms. The largest absolute Gasteiger partial charge is 0.490 e. The van der Waals surface area contributed by atoms with Crippen LogP contribution in [-0.2, 0) is 20.7 Å². The first-order chi connectivity index (χ1) is 22.1. The van der Waals surface area contributed by atoms with Crippen LogP contribution < -0.4 is 10.1 Å². The number of carbonyl (C=O) groups excluding carboxylic acids is 1. The average molecular weight is 614 g/mol. The fourth-order valence-electron chi connectivity index (χ4n) is 5.82. The van der Waals surface area contributed by atoms with Gasteiger partial charge < -0.3 is 28.8 Å². The number of nitrogens with zero attached hydrogens (tertiary/aromatic N) is 2. The molecule has 1 N–H and O–H groups in total. The number of benzene rings is 2. The molecule has 0 saturated carbocycles. The summed E-state index contributed by atoms with van der Waals surface area (Å²) in [7, 11) is 0. The van der Waals surface area contributed by atoms with E-state index in [4.69, 9.17) is 23.6 Å². The molecule has 8 heteroatoms. The van der Waals surface area contributed by atoms with Crippen LogP contribution >= 0.6 is 0 Å². The zero-order valence-electron chi connectivity index (χ0n) is 26.7. The molecule has 2 aromatic carbocycles. The van der Waals surface area contributed by atoms with Gasteiger partial charge in [0.2, 0.25) is 0 Å².